The minimum absolute atomic E-state index is 0.266. The molecule has 1 aliphatic heterocycles. The van der Waals surface area contributed by atoms with Gasteiger partial charge in [-0.05, 0) is 12.8 Å². The van der Waals surface area contributed by atoms with E-state index in [2.05, 4.69) is 20.4 Å². The molecule has 1 fully saturated rings. The molecular weight excluding hydrogens is 256 g/mol. The summed E-state index contributed by atoms with van der Waals surface area (Å²) in [5, 5.41) is 24.9. The van der Waals surface area contributed by atoms with E-state index in [1.165, 1.54) is 0 Å². The predicted molar refractivity (Wildman–Crippen MR) is 82.0 cm³/mol. The smallest absolute Gasteiger partial charge is 0.0443 e. The summed E-state index contributed by atoms with van der Waals surface area (Å²) in [6, 6.07) is 0. The Morgan fingerprint density at radius 3 is 1.50 bits per heavy atom. The van der Waals surface area contributed by atoms with Crippen LogP contribution in [0, 0.1) is 0 Å². The molecule has 1 rings (SSSR count). The molecule has 0 aromatic rings. The number of hydrogen-bond acceptors (Lipinski definition) is 6. The lowest BCUT2D eigenvalue weighted by atomic mass is 10.3. The SMILES string of the molecule is OCCCN1CCNCCNCCN(CCCO)CC1. The summed E-state index contributed by atoms with van der Waals surface area (Å²) in [7, 11) is 0. The summed E-state index contributed by atoms with van der Waals surface area (Å²) in [6.07, 6.45) is 1.69. The third kappa shape index (κ3) is 8.84. The Hall–Kier alpha value is -0.240. The normalized spacial score (nSPS) is 21.3. The minimum atomic E-state index is 0.266. The quantitative estimate of drug-likeness (QED) is 0.479. The third-order valence-corrected chi connectivity index (χ3v) is 3.69. The Labute approximate surface area is 123 Å². The van der Waals surface area contributed by atoms with E-state index in [0.717, 1.165) is 78.3 Å². The molecule has 120 valence electrons. The summed E-state index contributed by atoms with van der Waals surface area (Å²) in [6.45, 7) is 10.6. The molecule has 20 heavy (non-hydrogen) atoms. The molecule has 0 amide bonds. The standard InChI is InChI=1S/C14H32N4O2/c19-13-1-7-17-9-5-15-3-4-16-6-10-18(12-11-17)8-2-14-20/h15-16,19-20H,1-14H2. The molecule has 0 unspecified atom stereocenters. The van der Waals surface area contributed by atoms with Gasteiger partial charge in [0.05, 0.1) is 0 Å². The van der Waals surface area contributed by atoms with Gasteiger partial charge in [-0.25, -0.2) is 0 Å². The molecule has 1 aliphatic rings. The van der Waals surface area contributed by atoms with Gasteiger partial charge in [0.15, 0.2) is 0 Å². The number of nitrogens with zero attached hydrogens (tertiary/aromatic N) is 2. The van der Waals surface area contributed by atoms with Crippen molar-refractivity contribution in [1.82, 2.24) is 20.4 Å². The molecule has 0 spiro atoms. The van der Waals surface area contributed by atoms with E-state index in [1.54, 1.807) is 0 Å². The van der Waals surface area contributed by atoms with Gasteiger partial charge in [0.1, 0.15) is 0 Å². The molecule has 6 nitrogen and oxygen atoms in total. The fourth-order valence-electron chi connectivity index (χ4n) is 2.44. The highest BCUT2D eigenvalue weighted by molar-refractivity contribution is 4.68. The monoisotopic (exact) mass is 288 g/mol. The number of aliphatic hydroxyl groups is 2. The summed E-state index contributed by atoms with van der Waals surface area (Å²) < 4.78 is 0. The number of rotatable bonds is 6. The van der Waals surface area contributed by atoms with Crippen LogP contribution in [0.15, 0.2) is 0 Å². The van der Waals surface area contributed by atoms with Crippen molar-refractivity contribution in [1.29, 1.82) is 0 Å². The fraction of sp³-hybridized carbons (Fsp3) is 1.00. The van der Waals surface area contributed by atoms with Crippen molar-refractivity contribution in [3.63, 3.8) is 0 Å². The topological polar surface area (TPSA) is 71.0 Å². The van der Waals surface area contributed by atoms with Gasteiger partial charge in [0.25, 0.3) is 0 Å². The van der Waals surface area contributed by atoms with Crippen molar-refractivity contribution in [3.8, 4) is 0 Å². The Balaban J connectivity index is 2.39. The van der Waals surface area contributed by atoms with E-state index in [0.29, 0.717) is 0 Å². The van der Waals surface area contributed by atoms with Gasteiger partial charge in [-0.1, -0.05) is 0 Å². The fourth-order valence-corrected chi connectivity index (χ4v) is 2.44. The lowest BCUT2D eigenvalue weighted by Gasteiger charge is -2.28. The van der Waals surface area contributed by atoms with Crippen molar-refractivity contribution in [3.05, 3.63) is 0 Å². The Kier molecular flexibility index (Phi) is 11.1. The first-order chi connectivity index (χ1) is 9.86. The number of nitrogens with one attached hydrogen (secondary N) is 2. The molecule has 0 aromatic carbocycles. The molecule has 6 heteroatoms. The second-order valence-electron chi connectivity index (χ2n) is 5.34. The van der Waals surface area contributed by atoms with Crippen molar-refractivity contribution >= 4 is 0 Å². The molecule has 4 N–H and O–H groups in total. The van der Waals surface area contributed by atoms with Crippen molar-refractivity contribution in [2.45, 2.75) is 12.8 Å². The average molecular weight is 288 g/mol. The van der Waals surface area contributed by atoms with Crippen molar-refractivity contribution in [2.75, 3.05) is 78.7 Å². The second kappa shape index (κ2) is 12.5. The maximum atomic E-state index is 8.98. The molecule has 0 atom stereocenters. The highest BCUT2D eigenvalue weighted by atomic mass is 16.3. The zero-order chi connectivity index (χ0) is 14.5. The summed E-state index contributed by atoms with van der Waals surface area (Å²) in [5.41, 5.74) is 0. The van der Waals surface area contributed by atoms with Gasteiger partial charge >= 0.3 is 0 Å². The molecule has 0 bridgehead atoms. The van der Waals surface area contributed by atoms with E-state index in [1.807, 2.05) is 0 Å². The third-order valence-electron chi connectivity index (χ3n) is 3.69. The van der Waals surface area contributed by atoms with Crippen LogP contribution in [0.2, 0.25) is 0 Å². The first-order valence-corrected chi connectivity index (χ1v) is 7.94. The van der Waals surface area contributed by atoms with E-state index < -0.39 is 0 Å². The highest BCUT2D eigenvalue weighted by Gasteiger charge is 2.09. The zero-order valence-corrected chi connectivity index (χ0v) is 12.7. The average Bonchev–Trinajstić information content (AvgIpc) is 2.46. The molecule has 0 aromatic heterocycles. The predicted octanol–water partition coefficient (Wildman–Crippen LogP) is -1.45. The van der Waals surface area contributed by atoms with Gasteiger partial charge in [0, 0.05) is 78.7 Å². The largest absolute Gasteiger partial charge is 0.396 e. The van der Waals surface area contributed by atoms with Crippen LogP contribution >= 0.6 is 0 Å². The summed E-state index contributed by atoms with van der Waals surface area (Å²) in [5.74, 6) is 0. The van der Waals surface area contributed by atoms with Gasteiger partial charge < -0.3 is 30.6 Å². The van der Waals surface area contributed by atoms with Crippen LogP contribution in [0.5, 0.6) is 0 Å². The van der Waals surface area contributed by atoms with Crippen LogP contribution in [-0.2, 0) is 0 Å². The zero-order valence-electron chi connectivity index (χ0n) is 12.7. The van der Waals surface area contributed by atoms with Gasteiger partial charge in [-0.2, -0.15) is 0 Å². The molecule has 1 heterocycles. The van der Waals surface area contributed by atoms with E-state index in [4.69, 9.17) is 10.2 Å². The van der Waals surface area contributed by atoms with E-state index in [9.17, 15) is 0 Å². The highest BCUT2D eigenvalue weighted by Crippen LogP contribution is 1.96. The maximum Gasteiger partial charge on any atom is 0.0443 e. The Bertz CT molecular complexity index is 197. The van der Waals surface area contributed by atoms with Crippen LogP contribution in [0.4, 0.5) is 0 Å². The molecule has 0 aliphatic carbocycles. The molecule has 1 saturated heterocycles. The van der Waals surface area contributed by atoms with Crippen LogP contribution in [0.25, 0.3) is 0 Å². The summed E-state index contributed by atoms with van der Waals surface area (Å²) in [4.78, 5) is 4.84. The second-order valence-corrected chi connectivity index (χ2v) is 5.34. The summed E-state index contributed by atoms with van der Waals surface area (Å²) >= 11 is 0. The first-order valence-electron chi connectivity index (χ1n) is 7.94. The Morgan fingerprint density at radius 1 is 0.650 bits per heavy atom. The van der Waals surface area contributed by atoms with E-state index >= 15 is 0 Å². The first kappa shape index (κ1) is 17.8. The minimum Gasteiger partial charge on any atom is -0.396 e. The molecule has 0 radical (unpaired) electrons. The lowest BCUT2D eigenvalue weighted by molar-refractivity contribution is 0.175. The van der Waals surface area contributed by atoms with E-state index in [-0.39, 0.29) is 13.2 Å². The van der Waals surface area contributed by atoms with Crippen LogP contribution in [-0.4, -0.2) is 98.7 Å². The Morgan fingerprint density at radius 2 is 1.10 bits per heavy atom. The molecule has 0 saturated carbocycles. The van der Waals surface area contributed by atoms with Crippen LogP contribution < -0.4 is 10.6 Å². The van der Waals surface area contributed by atoms with Gasteiger partial charge in [-0.15, -0.1) is 0 Å². The maximum absolute atomic E-state index is 8.98. The van der Waals surface area contributed by atoms with Crippen molar-refractivity contribution < 1.29 is 10.2 Å². The number of hydrogen-bond donors (Lipinski definition) is 4. The van der Waals surface area contributed by atoms with Gasteiger partial charge in [-0.3, -0.25) is 0 Å². The molecular formula is C14H32N4O2. The van der Waals surface area contributed by atoms with Crippen LogP contribution in [0.3, 0.4) is 0 Å². The lowest BCUT2D eigenvalue weighted by Crippen LogP contribution is -2.44. The van der Waals surface area contributed by atoms with Gasteiger partial charge in [0.2, 0.25) is 0 Å². The van der Waals surface area contributed by atoms with Crippen LogP contribution in [0.1, 0.15) is 12.8 Å². The van der Waals surface area contributed by atoms with Crippen molar-refractivity contribution in [2.24, 2.45) is 0 Å². The number of aliphatic hydroxyl groups excluding tert-OH is 2.